The zero-order chi connectivity index (χ0) is 26.2. The summed E-state index contributed by atoms with van der Waals surface area (Å²) in [6, 6.07) is 19.5. The number of benzene rings is 3. The van der Waals surface area contributed by atoms with Crippen LogP contribution in [-0.4, -0.2) is 35.9 Å². The van der Waals surface area contributed by atoms with Crippen LogP contribution >= 0.6 is 11.6 Å². The van der Waals surface area contributed by atoms with Crippen LogP contribution in [0.15, 0.2) is 72.9 Å². The SMILES string of the molecule is COc1ccc(N2C(=O)[C@H]3[C@@H](C2=O)[C@@]2(N[C@@H]3Cc3c[nH]c4ccccc34)C(=O)Nc3c(Cl)cccc32)cc1. The molecular weight excluding hydrogens is 504 g/mol. The van der Waals surface area contributed by atoms with Crippen molar-refractivity contribution in [3.63, 3.8) is 0 Å². The summed E-state index contributed by atoms with van der Waals surface area (Å²) in [5.74, 6) is -2.21. The quantitative estimate of drug-likeness (QED) is 0.349. The number of halogens is 1. The standard InChI is InChI=1S/C29H23ClN4O4/c1-38-17-11-9-16(10-12-17)34-26(35)23-22(13-15-14-31-21-8-3-2-5-18(15)21)33-29(24(23)27(34)36)19-6-4-7-20(30)25(19)32-28(29)37/h2-12,14,22-24,31,33H,13H2,1H3,(H,32,37)/t22-,23-,24+,29-/m1/s1. The highest BCUT2D eigenvalue weighted by molar-refractivity contribution is 6.35. The zero-order valence-electron chi connectivity index (χ0n) is 20.3. The minimum atomic E-state index is -1.42. The summed E-state index contributed by atoms with van der Waals surface area (Å²) in [5.41, 5.74) is 2.07. The van der Waals surface area contributed by atoms with Crippen molar-refractivity contribution in [1.29, 1.82) is 0 Å². The van der Waals surface area contributed by atoms with Gasteiger partial charge in [0.15, 0.2) is 0 Å². The molecule has 4 aromatic rings. The third-order valence-corrected chi connectivity index (χ3v) is 8.46. The molecule has 3 N–H and O–H groups in total. The summed E-state index contributed by atoms with van der Waals surface area (Å²) in [7, 11) is 1.55. The molecule has 0 unspecified atom stereocenters. The molecule has 3 aromatic carbocycles. The molecule has 4 heterocycles. The summed E-state index contributed by atoms with van der Waals surface area (Å²) in [6.07, 6.45) is 2.37. The molecule has 1 spiro atoms. The Kier molecular flexibility index (Phi) is 4.95. The van der Waals surface area contributed by atoms with Gasteiger partial charge in [-0.05, 0) is 48.4 Å². The predicted molar refractivity (Wildman–Crippen MR) is 143 cm³/mol. The van der Waals surface area contributed by atoms with Crippen LogP contribution in [0.3, 0.4) is 0 Å². The van der Waals surface area contributed by atoms with E-state index in [0.29, 0.717) is 34.1 Å². The lowest BCUT2D eigenvalue weighted by Crippen LogP contribution is -2.53. The van der Waals surface area contributed by atoms with Crippen molar-refractivity contribution >= 4 is 51.6 Å². The van der Waals surface area contributed by atoms with E-state index in [4.69, 9.17) is 16.3 Å². The van der Waals surface area contributed by atoms with E-state index in [1.54, 1.807) is 49.6 Å². The molecule has 0 radical (unpaired) electrons. The number of rotatable bonds is 4. The number of fused-ring (bicyclic) bond motifs is 5. The lowest BCUT2D eigenvalue weighted by molar-refractivity contribution is -0.130. The minimum absolute atomic E-state index is 0.331. The van der Waals surface area contributed by atoms with Crippen LogP contribution < -0.4 is 20.3 Å². The number of methoxy groups -OCH3 is 1. The van der Waals surface area contributed by atoms with Gasteiger partial charge in [0.25, 0.3) is 0 Å². The van der Waals surface area contributed by atoms with Gasteiger partial charge < -0.3 is 15.0 Å². The minimum Gasteiger partial charge on any atom is -0.497 e. The van der Waals surface area contributed by atoms with Crippen LogP contribution in [0.5, 0.6) is 5.75 Å². The number of aromatic nitrogens is 1. The van der Waals surface area contributed by atoms with E-state index in [9.17, 15) is 14.4 Å². The molecule has 190 valence electrons. The van der Waals surface area contributed by atoms with E-state index in [1.807, 2.05) is 30.5 Å². The van der Waals surface area contributed by atoms with Gasteiger partial charge in [-0.2, -0.15) is 0 Å². The van der Waals surface area contributed by atoms with Crippen LogP contribution in [0.1, 0.15) is 11.1 Å². The highest BCUT2D eigenvalue weighted by Crippen LogP contribution is 2.55. The van der Waals surface area contributed by atoms with Gasteiger partial charge in [-0.15, -0.1) is 0 Å². The first-order chi connectivity index (χ1) is 18.4. The van der Waals surface area contributed by atoms with Gasteiger partial charge in [-0.1, -0.05) is 41.9 Å². The summed E-state index contributed by atoms with van der Waals surface area (Å²) >= 11 is 6.45. The second kappa shape index (κ2) is 8.18. The Bertz CT molecular complexity index is 1650. The van der Waals surface area contributed by atoms with Crippen molar-refractivity contribution in [2.24, 2.45) is 11.8 Å². The van der Waals surface area contributed by atoms with Crippen molar-refractivity contribution in [2.45, 2.75) is 18.0 Å². The summed E-state index contributed by atoms with van der Waals surface area (Å²) in [6.45, 7) is 0. The lowest BCUT2D eigenvalue weighted by atomic mass is 9.76. The van der Waals surface area contributed by atoms with Crippen LogP contribution in [0, 0.1) is 11.8 Å². The average molecular weight is 527 g/mol. The van der Waals surface area contributed by atoms with E-state index < -0.39 is 29.3 Å². The molecule has 1 aromatic heterocycles. The van der Waals surface area contributed by atoms with Crippen molar-refractivity contribution in [2.75, 3.05) is 17.3 Å². The van der Waals surface area contributed by atoms with Crippen LogP contribution in [0.4, 0.5) is 11.4 Å². The number of nitrogens with one attached hydrogen (secondary N) is 3. The fourth-order valence-electron chi connectivity index (χ4n) is 6.49. The number of carbonyl (C=O) groups is 3. The first kappa shape index (κ1) is 23.0. The second-order valence-electron chi connectivity index (χ2n) is 9.95. The van der Waals surface area contributed by atoms with Gasteiger partial charge in [0.2, 0.25) is 17.7 Å². The van der Waals surface area contributed by atoms with Gasteiger partial charge in [0, 0.05) is 28.7 Å². The topological polar surface area (TPSA) is 104 Å². The Balaban J connectivity index is 1.37. The molecule has 3 aliphatic heterocycles. The molecule has 8 nitrogen and oxygen atoms in total. The van der Waals surface area contributed by atoms with Crippen molar-refractivity contribution < 1.29 is 19.1 Å². The third kappa shape index (κ3) is 2.98. The van der Waals surface area contributed by atoms with Crippen LogP contribution in [0.2, 0.25) is 5.02 Å². The number of H-pyrrole nitrogens is 1. The monoisotopic (exact) mass is 526 g/mol. The van der Waals surface area contributed by atoms with Gasteiger partial charge >= 0.3 is 0 Å². The molecule has 4 atom stereocenters. The summed E-state index contributed by atoms with van der Waals surface area (Å²) in [4.78, 5) is 46.4. The maximum Gasteiger partial charge on any atom is 0.250 e. The number of hydrogen-bond acceptors (Lipinski definition) is 5. The molecule has 7 rings (SSSR count). The third-order valence-electron chi connectivity index (χ3n) is 8.14. The Morgan fingerprint density at radius 2 is 1.76 bits per heavy atom. The Hall–Kier alpha value is -4.14. The van der Waals surface area contributed by atoms with Crippen molar-refractivity contribution in [1.82, 2.24) is 10.3 Å². The van der Waals surface area contributed by atoms with E-state index >= 15 is 0 Å². The number of amides is 3. The molecule has 0 saturated carbocycles. The number of hydrogen-bond donors (Lipinski definition) is 3. The van der Waals surface area contributed by atoms with E-state index in [0.717, 1.165) is 16.5 Å². The molecule has 2 fully saturated rings. The number of para-hydroxylation sites is 2. The highest BCUT2D eigenvalue weighted by Gasteiger charge is 2.70. The van der Waals surface area contributed by atoms with Gasteiger partial charge in [0.05, 0.1) is 35.3 Å². The number of ether oxygens (including phenoxy) is 1. The van der Waals surface area contributed by atoms with Gasteiger partial charge in [-0.3, -0.25) is 19.7 Å². The first-order valence-corrected chi connectivity index (χ1v) is 12.8. The fourth-order valence-corrected chi connectivity index (χ4v) is 6.71. The Morgan fingerprint density at radius 3 is 2.55 bits per heavy atom. The number of nitrogens with zero attached hydrogens (tertiary/aromatic N) is 1. The molecule has 3 amide bonds. The van der Waals surface area contributed by atoms with Crippen LogP contribution in [-0.2, 0) is 26.3 Å². The van der Waals surface area contributed by atoms with Gasteiger partial charge in [0.1, 0.15) is 11.3 Å². The fraction of sp³-hybridized carbons (Fsp3) is 0.207. The Morgan fingerprint density at radius 1 is 0.974 bits per heavy atom. The molecule has 0 bridgehead atoms. The van der Waals surface area contributed by atoms with E-state index in [-0.39, 0.29) is 11.8 Å². The van der Waals surface area contributed by atoms with Gasteiger partial charge in [-0.25, -0.2) is 4.90 Å². The first-order valence-electron chi connectivity index (χ1n) is 12.4. The van der Waals surface area contributed by atoms with Crippen molar-refractivity contribution in [3.8, 4) is 5.75 Å². The average Bonchev–Trinajstić information content (AvgIpc) is 3.64. The summed E-state index contributed by atoms with van der Waals surface area (Å²) in [5, 5.41) is 7.79. The lowest BCUT2D eigenvalue weighted by Gasteiger charge is -2.29. The molecule has 38 heavy (non-hydrogen) atoms. The second-order valence-corrected chi connectivity index (χ2v) is 10.4. The largest absolute Gasteiger partial charge is 0.497 e. The predicted octanol–water partition coefficient (Wildman–Crippen LogP) is 4.00. The Labute approximate surface area is 222 Å². The molecule has 0 aliphatic carbocycles. The molecule has 9 heteroatoms. The normalized spacial score (nSPS) is 25.8. The van der Waals surface area contributed by atoms with Crippen LogP contribution in [0.25, 0.3) is 10.9 Å². The number of carbonyl (C=O) groups excluding carboxylic acids is 3. The van der Waals surface area contributed by atoms with E-state index in [1.165, 1.54) is 4.90 Å². The maximum atomic E-state index is 14.1. The maximum absolute atomic E-state index is 14.1. The molecular formula is C29H23ClN4O4. The number of aromatic amines is 1. The number of anilines is 2. The number of imide groups is 1. The van der Waals surface area contributed by atoms with E-state index in [2.05, 4.69) is 15.6 Å². The zero-order valence-corrected chi connectivity index (χ0v) is 21.1. The molecule has 3 aliphatic rings. The molecule has 2 saturated heterocycles. The summed E-state index contributed by atoms with van der Waals surface area (Å²) < 4.78 is 5.24. The highest BCUT2D eigenvalue weighted by atomic mass is 35.5. The van der Waals surface area contributed by atoms with Crippen molar-refractivity contribution in [3.05, 3.63) is 89.1 Å². The smallest absolute Gasteiger partial charge is 0.250 e.